The number of hydrogen-bond acceptors (Lipinski definition) is 3. The molecule has 0 amide bonds. The van der Waals surface area contributed by atoms with Crippen molar-refractivity contribution in [3.8, 4) is 0 Å². The van der Waals surface area contributed by atoms with Gasteiger partial charge in [-0.25, -0.2) is 0 Å². The Labute approximate surface area is 120 Å². The third-order valence-corrected chi connectivity index (χ3v) is 3.14. The van der Waals surface area contributed by atoms with Gasteiger partial charge in [-0.05, 0) is 25.5 Å². The van der Waals surface area contributed by atoms with E-state index in [4.69, 9.17) is 0 Å². The fourth-order valence-corrected chi connectivity index (χ4v) is 1.93. The lowest BCUT2D eigenvalue weighted by atomic mass is 10.2. The summed E-state index contributed by atoms with van der Waals surface area (Å²) in [5.41, 5.74) is 2.28. The molecule has 0 bridgehead atoms. The largest absolute Gasteiger partial charge is 0.305 e. The normalized spacial score (nSPS) is 12.2. The summed E-state index contributed by atoms with van der Waals surface area (Å²) in [5.74, 6) is 0. The third-order valence-electron chi connectivity index (χ3n) is 3.14. The highest BCUT2D eigenvalue weighted by molar-refractivity contribution is 5.85. The van der Waals surface area contributed by atoms with Gasteiger partial charge in [0.25, 0.3) is 0 Å². The van der Waals surface area contributed by atoms with Gasteiger partial charge in [-0.3, -0.25) is 9.36 Å². The van der Waals surface area contributed by atoms with E-state index in [2.05, 4.69) is 40.1 Å². The number of halogens is 1. The zero-order valence-electron chi connectivity index (χ0n) is 11.7. The molecule has 5 nitrogen and oxygen atoms in total. The fraction of sp³-hybridized carbons (Fsp3) is 0.538. The maximum Gasteiger partial charge on any atom is 0.0762 e. The van der Waals surface area contributed by atoms with Crippen molar-refractivity contribution in [2.75, 3.05) is 0 Å². The number of aromatic nitrogens is 4. The van der Waals surface area contributed by atoms with Crippen molar-refractivity contribution in [1.82, 2.24) is 24.9 Å². The Balaban J connectivity index is 0.00000180. The van der Waals surface area contributed by atoms with E-state index >= 15 is 0 Å². The summed E-state index contributed by atoms with van der Waals surface area (Å²) in [6.45, 7) is 5.97. The topological polar surface area (TPSA) is 47.7 Å². The molecule has 2 heterocycles. The van der Waals surface area contributed by atoms with Crippen LogP contribution in [-0.2, 0) is 20.1 Å². The molecule has 0 spiro atoms. The molecule has 0 aliphatic rings. The average Bonchev–Trinajstić information content (AvgIpc) is 2.98. The van der Waals surface area contributed by atoms with Crippen molar-refractivity contribution < 1.29 is 0 Å². The second-order valence-corrected chi connectivity index (χ2v) is 4.61. The van der Waals surface area contributed by atoms with Crippen molar-refractivity contribution in [3.63, 3.8) is 0 Å². The van der Waals surface area contributed by atoms with E-state index in [1.54, 1.807) is 0 Å². The second kappa shape index (κ2) is 7.31. The Morgan fingerprint density at radius 3 is 2.74 bits per heavy atom. The van der Waals surface area contributed by atoms with Crippen LogP contribution in [0.15, 0.2) is 24.5 Å². The van der Waals surface area contributed by atoms with Gasteiger partial charge in [0.2, 0.25) is 0 Å². The minimum absolute atomic E-state index is 0. The van der Waals surface area contributed by atoms with Gasteiger partial charge in [0.1, 0.15) is 0 Å². The van der Waals surface area contributed by atoms with Gasteiger partial charge in [-0.15, -0.1) is 12.4 Å². The van der Waals surface area contributed by atoms with E-state index in [0.717, 1.165) is 25.2 Å². The first kappa shape index (κ1) is 15.7. The predicted octanol–water partition coefficient (Wildman–Crippen LogP) is 2.30. The van der Waals surface area contributed by atoms with Crippen LogP contribution < -0.4 is 5.32 Å². The highest BCUT2D eigenvalue weighted by Gasteiger charge is 2.07. The quantitative estimate of drug-likeness (QED) is 0.885. The molecule has 0 fully saturated rings. The number of nitrogens with one attached hydrogen (secondary N) is 1. The zero-order valence-corrected chi connectivity index (χ0v) is 12.5. The average molecular weight is 284 g/mol. The van der Waals surface area contributed by atoms with E-state index < -0.39 is 0 Å². The van der Waals surface area contributed by atoms with Gasteiger partial charge in [-0.2, -0.15) is 10.2 Å². The van der Waals surface area contributed by atoms with Crippen LogP contribution in [0, 0.1) is 0 Å². The molecule has 1 atom stereocenters. The van der Waals surface area contributed by atoms with E-state index in [-0.39, 0.29) is 12.4 Å². The molecular formula is C13H22ClN5. The SMILES string of the molecule is CCC(C)n1nccc1CNCc1ccn(C)n1.Cl. The summed E-state index contributed by atoms with van der Waals surface area (Å²) in [5, 5.41) is 12.1. The Bertz CT molecular complexity index is 491. The lowest BCUT2D eigenvalue weighted by Gasteiger charge is -2.13. The van der Waals surface area contributed by atoms with Crippen molar-refractivity contribution >= 4 is 12.4 Å². The van der Waals surface area contributed by atoms with E-state index in [1.165, 1.54) is 5.69 Å². The van der Waals surface area contributed by atoms with Crippen LogP contribution >= 0.6 is 12.4 Å². The van der Waals surface area contributed by atoms with Crippen LogP contribution in [0.4, 0.5) is 0 Å². The number of nitrogens with zero attached hydrogens (tertiary/aromatic N) is 4. The van der Waals surface area contributed by atoms with Crippen molar-refractivity contribution in [2.24, 2.45) is 7.05 Å². The number of rotatable bonds is 6. The lowest BCUT2D eigenvalue weighted by Crippen LogP contribution is -2.18. The van der Waals surface area contributed by atoms with Crippen LogP contribution in [0.25, 0.3) is 0 Å². The standard InChI is InChI=1S/C13H21N5.ClH/c1-4-11(2)18-13(5-7-15-18)10-14-9-12-6-8-17(3)16-12;/h5-8,11,14H,4,9-10H2,1-3H3;1H. The maximum atomic E-state index is 4.37. The molecule has 0 aliphatic carbocycles. The summed E-state index contributed by atoms with van der Waals surface area (Å²) in [6, 6.07) is 4.54. The fourth-order valence-electron chi connectivity index (χ4n) is 1.93. The first-order chi connectivity index (χ1) is 8.70. The summed E-state index contributed by atoms with van der Waals surface area (Å²) in [4.78, 5) is 0. The van der Waals surface area contributed by atoms with E-state index in [9.17, 15) is 0 Å². The maximum absolute atomic E-state index is 4.37. The Morgan fingerprint density at radius 2 is 2.11 bits per heavy atom. The predicted molar refractivity (Wildman–Crippen MR) is 78.2 cm³/mol. The molecule has 0 radical (unpaired) electrons. The third kappa shape index (κ3) is 4.08. The highest BCUT2D eigenvalue weighted by atomic mass is 35.5. The van der Waals surface area contributed by atoms with Crippen molar-refractivity contribution in [1.29, 1.82) is 0 Å². The van der Waals surface area contributed by atoms with Gasteiger partial charge < -0.3 is 5.32 Å². The molecule has 106 valence electrons. The first-order valence-electron chi connectivity index (χ1n) is 6.42. The molecular weight excluding hydrogens is 262 g/mol. The minimum atomic E-state index is 0. The smallest absolute Gasteiger partial charge is 0.0762 e. The van der Waals surface area contributed by atoms with Gasteiger partial charge >= 0.3 is 0 Å². The van der Waals surface area contributed by atoms with E-state index in [1.807, 2.05) is 30.2 Å². The molecule has 1 N–H and O–H groups in total. The van der Waals surface area contributed by atoms with Gasteiger partial charge in [0, 0.05) is 38.6 Å². The monoisotopic (exact) mass is 283 g/mol. The summed E-state index contributed by atoms with van der Waals surface area (Å²) >= 11 is 0. The highest BCUT2D eigenvalue weighted by Crippen LogP contribution is 2.12. The van der Waals surface area contributed by atoms with Gasteiger partial charge in [0.05, 0.1) is 11.4 Å². The zero-order chi connectivity index (χ0) is 13.0. The molecule has 0 saturated heterocycles. The lowest BCUT2D eigenvalue weighted by molar-refractivity contribution is 0.451. The van der Waals surface area contributed by atoms with Crippen molar-refractivity contribution in [2.45, 2.75) is 39.4 Å². The van der Waals surface area contributed by atoms with Gasteiger partial charge in [-0.1, -0.05) is 6.92 Å². The van der Waals surface area contributed by atoms with E-state index in [0.29, 0.717) is 6.04 Å². The van der Waals surface area contributed by atoms with Crippen molar-refractivity contribution in [3.05, 3.63) is 35.9 Å². The van der Waals surface area contributed by atoms with Crippen LogP contribution in [0.5, 0.6) is 0 Å². The van der Waals surface area contributed by atoms with Crippen LogP contribution in [-0.4, -0.2) is 19.6 Å². The van der Waals surface area contributed by atoms with Crippen LogP contribution in [0.3, 0.4) is 0 Å². The minimum Gasteiger partial charge on any atom is -0.305 e. The number of aryl methyl sites for hydroxylation is 1. The molecule has 2 aromatic rings. The first-order valence-corrected chi connectivity index (χ1v) is 6.42. The summed E-state index contributed by atoms with van der Waals surface area (Å²) < 4.78 is 3.91. The summed E-state index contributed by atoms with van der Waals surface area (Å²) in [7, 11) is 1.93. The number of hydrogen-bond donors (Lipinski definition) is 1. The molecule has 19 heavy (non-hydrogen) atoms. The Kier molecular flexibility index (Phi) is 6.05. The molecule has 1 unspecified atom stereocenters. The Hall–Kier alpha value is -1.33. The van der Waals surface area contributed by atoms with Crippen LogP contribution in [0.2, 0.25) is 0 Å². The molecule has 0 saturated carbocycles. The van der Waals surface area contributed by atoms with Gasteiger partial charge in [0.15, 0.2) is 0 Å². The molecule has 0 aliphatic heterocycles. The molecule has 6 heteroatoms. The molecule has 0 aromatic carbocycles. The molecule has 2 rings (SSSR count). The molecule has 2 aromatic heterocycles. The van der Waals surface area contributed by atoms with Crippen LogP contribution in [0.1, 0.15) is 37.7 Å². The second-order valence-electron chi connectivity index (χ2n) is 4.61. The Morgan fingerprint density at radius 1 is 1.32 bits per heavy atom. The summed E-state index contributed by atoms with van der Waals surface area (Å²) in [6.07, 6.45) is 4.92.